The van der Waals surface area contributed by atoms with E-state index in [0.717, 1.165) is 0 Å². The van der Waals surface area contributed by atoms with Crippen molar-refractivity contribution >= 4 is 0 Å². The number of rotatable bonds is 8. The Morgan fingerprint density at radius 1 is 0.667 bits per heavy atom. The van der Waals surface area contributed by atoms with Crippen LogP contribution in [0.5, 0.6) is 0 Å². The zero-order chi connectivity index (χ0) is 17.5. The van der Waals surface area contributed by atoms with Crippen LogP contribution in [0.25, 0.3) is 0 Å². The quantitative estimate of drug-likeness (QED) is 0.444. The van der Waals surface area contributed by atoms with Gasteiger partial charge in [0.2, 0.25) is 0 Å². The molecular weight excluding hydrogens is 288 g/mol. The topological polar surface area (TPSA) is 0 Å². The summed E-state index contributed by atoms with van der Waals surface area (Å²) >= 11 is 0. The van der Waals surface area contributed by atoms with Crippen molar-refractivity contribution in [1.82, 2.24) is 0 Å². The molecule has 0 heterocycles. The monoisotopic (exact) mass is 322 g/mol. The van der Waals surface area contributed by atoms with Crippen LogP contribution in [-0.2, 0) is 0 Å². The molecule has 0 aliphatic heterocycles. The Morgan fingerprint density at radius 2 is 1.17 bits per heavy atom. The van der Waals surface area contributed by atoms with E-state index in [4.69, 9.17) is 0 Å². The predicted molar refractivity (Wildman–Crippen MR) is 107 cm³/mol. The third-order valence-corrected chi connectivity index (χ3v) is 5.64. The Balaban J connectivity index is 2.31. The molecule has 0 aliphatic rings. The van der Waals surface area contributed by atoms with Gasteiger partial charge in [-0.25, -0.2) is 0 Å². The second-order valence-electron chi connectivity index (χ2n) is 7.33. The average molecular weight is 323 g/mol. The number of hydrogen-bond donors (Lipinski definition) is 0. The number of hydrogen-bond acceptors (Lipinski definition) is 0. The molecule has 0 spiro atoms. The van der Waals surface area contributed by atoms with Crippen LogP contribution in [0.3, 0.4) is 0 Å². The molecule has 0 atom stereocenters. The molecule has 0 aromatic heterocycles. The number of aryl methyl sites for hydroxylation is 2. The van der Waals surface area contributed by atoms with Crippen molar-refractivity contribution in [2.45, 2.75) is 79.1 Å². The van der Waals surface area contributed by atoms with E-state index < -0.39 is 0 Å². The fraction of sp³-hybridized carbons (Fsp3) is 0.500. The van der Waals surface area contributed by atoms with Gasteiger partial charge in [0.1, 0.15) is 0 Å². The third-order valence-electron chi connectivity index (χ3n) is 5.64. The molecule has 0 amide bonds. The summed E-state index contributed by atoms with van der Waals surface area (Å²) in [7, 11) is 0. The molecule has 24 heavy (non-hydrogen) atoms. The zero-order valence-corrected chi connectivity index (χ0v) is 16.3. The summed E-state index contributed by atoms with van der Waals surface area (Å²) in [5, 5.41) is 0. The first-order valence-electron chi connectivity index (χ1n) is 9.68. The summed E-state index contributed by atoms with van der Waals surface area (Å²) in [5.74, 6) is 0.534. The van der Waals surface area contributed by atoms with Crippen molar-refractivity contribution in [2.24, 2.45) is 0 Å². The Kier molecular flexibility index (Phi) is 7.09. The van der Waals surface area contributed by atoms with Crippen LogP contribution in [0.2, 0.25) is 0 Å². The van der Waals surface area contributed by atoms with Gasteiger partial charge in [0, 0.05) is 5.92 Å². The maximum Gasteiger partial charge on any atom is 0.00947 e. The lowest BCUT2D eigenvalue weighted by Crippen LogP contribution is -2.07. The minimum Gasteiger partial charge on any atom is -0.0654 e. The molecule has 0 fully saturated rings. The van der Waals surface area contributed by atoms with Crippen LogP contribution in [0.4, 0.5) is 0 Å². The zero-order valence-electron chi connectivity index (χ0n) is 16.3. The fourth-order valence-corrected chi connectivity index (χ4v) is 3.73. The Morgan fingerprint density at radius 3 is 1.67 bits per heavy atom. The van der Waals surface area contributed by atoms with Crippen molar-refractivity contribution in [2.75, 3.05) is 0 Å². The Labute approximate surface area is 149 Å². The Hall–Kier alpha value is -1.56. The summed E-state index contributed by atoms with van der Waals surface area (Å²) in [6.07, 6.45) is 8.02. The molecule has 0 aliphatic carbocycles. The summed E-state index contributed by atoms with van der Waals surface area (Å²) < 4.78 is 0. The highest BCUT2D eigenvalue weighted by molar-refractivity contribution is 5.45. The number of unbranched alkanes of at least 4 members (excludes halogenated alkanes) is 4. The molecule has 0 bridgehead atoms. The first-order valence-corrected chi connectivity index (χ1v) is 9.68. The SMILES string of the molecule is CCCCCCCC(c1cccc(C)c1C)c1cccc(C)c1C. The lowest BCUT2D eigenvalue weighted by Gasteiger charge is -2.24. The van der Waals surface area contributed by atoms with Crippen LogP contribution in [0, 0.1) is 27.7 Å². The highest BCUT2D eigenvalue weighted by Crippen LogP contribution is 2.35. The molecule has 2 rings (SSSR count). The summed E-state index contributed by atoms with van der Waals surface area (Å²) in [6.45, 7) is 11.3. The maximum atomic E-state index is 2.35. The smallest absolute Gasteiger partial charge is 0.00947 e. The fourth-order valence-electron chi connectivity index (χ4n) is 3.73. The van der Waals surface area contributed by atoms with Gasteiger partial charge >= 0.3 is 0 Å². The standard InChI is InChI=1S/C24H34/c1-6-7-8-9-10-15-24(22-16-11-13-18(2)20(22)4)23-17-12-14-19(3)21(23)5/h11-14,16-17,24H,6-10,15H2,1-5H3. The van der Waals surface area contributed by atoms with Crippen molar-refractivity contribution in [3.63, 3.8) is 0 Å². The first-order chi connectivity index (χ1) is 11.6. The first kappa shape index (κ1) is 18.8. The summed E-state index contributed by atoms with van der Waals surface area (Å²) in [6, 6.07) is 13.6. The van der Waals surface area contributed by atoms with E-state index in [-0.39, 0.29) is 0 Å². The summed E-state index contributed by atoms with van der Waals surface area (Å²) in [5.41, 5.74) is 8.81. The second kappa shape index (κ2) is 9.06. The molecule has 2 aromatic carbocycles. The van der Waals surface area contributed by atoms with Gasteiger partial charge in [-0.2, -0.15) is 0 Å². The molecule has 0 unspecified atom stereocenters. The van der Waals surface area contributed by atoms with Gasteiger partial charge in [0.15, 0.2) is 0 Å². The van der Waals surface area contributed by atoms with Crippen LogP contribution in [0.15, 0.2) is 36.4 Å². The van der Waals surface area contributed by atoms with Gasteiger partial charge < -0.3 is 0 Å². The van der Waals surface area contributed by atoms with Gasteiger partial charge in [-0.05, 0) is 67.5 Å². The largest absolute Gasteiger partial charge is 0.0654 e. The van der Waals surface area contributed by atoms with Gasteiger partial charge in [-0.1, -0.05) is 75.4 Å². The minimum absolute atomic E-state index is 0.534. The van der Waals surface area contributed by atoms with E-state index >= 15 is 0 Å². The van der Waals surface area contributed by atoms with Gasteiger partial charge in [-0.3, -0.25) is 0 Å². The van der Waals surface area contributed by atoms with Gasteiger partial charge in [0.05, 0.1) is 0 Å². The van der Waals surface area contributed by atoms with Gasteiger partial charge in [0.25, 0.3) is 0 Å². The lowest BCUT2D eigenvalue weighted by atomic mass is 9.81. The van der Waals surface area contributed by atoms with Gasteiger partial charge in [-0.15, -0.1) is 0 Å². The predicted octanol–water partition coefficient (Wildman–Crippen LogP) is 7.41. The normalized spacial score (nSPS) is 11.2. The molecule has 0 heteroatoms. The Bertz CT molecular complexity index is 600. The third kappa shape index (κ3) is 4.50. The molecule has 130 valence electrons. The van der Waals surface area contributed by atoms with E-state index in [1.165, 1.54) is 71.9 Å². The molecule has 0 saturated heterocycles. The van der Waals surface area contributed by atoms with E-state index in [0.29, 0.717) is 5.92 Å². The number of benzene rings is 2. The minimum atomic E-state index is 0.534. The molecule has 0 N–H and O–H groups in total. The van der Waals surface area contributed by atoms with Crippen LogP contribution < -0.4 is 0 Å². The summed E-state index contributed by atoms with van der Waals surface area (Å²) in [4.78, 5) is 0. The maximum absolute atomic E-state index is 2.35. The van der Waals surface area contributed by atoms with E-state index in [1.807, 2.05) is 0 Å². The van der Waals surface area contributed by atoms with Crippen LogP contribution in [0.1, 0.15) is 84.7 Å². The van der Waals surface area contributed by atoms with Crippen molar-refractivity contribution in [3.8, 4) is 0 Å². The van der Waals surface area contributed by atoms with Crippen LogP contribution in [-0.4, -0.2) is 0 Å². The molecule has 0 saturated carbocycles. The van der Waals surface area contributed by atoms with E-state index in [1.54, 1.807) is 0 Å². The van der Waals surface area contributed by atoms with Crippen molar-refractivity contribution < 1.29 is 0 Å². The molecular formula is C24H34. The highest BCUT2D eigenvalue weighted by atomic mass is 14.2. The van der Waals surface area contributed by atoms with E-state index in [2.05, 4.69) is 71.0 Å². The lowest BCUT2D eigenvalue weighted by molar-refractivity contribution is 0.578. The van der Waals surface area contributed by atoms with Crippen molar-refractivity contribution in [3.05, 3.63) is 69.8 Å². The molecule has 0 radical (unpaired) electrons. The van der Waals surface area contributed by atoms with Crippen LogP contribution >= 0.6 is 0 Å². The van der Waals surface area contributed by atoms with E-state index in [9.17, 15) is 0 Å². The second-order valence-corrected chi connectivity index (χ2v) is 7.33. The molecule has 2 aromatic rings. The molecule has 0 nitrogen and oxygen atoms in total. The highest BCUT2D eigenvalue weighted by Gasteiger charge is 2.19. The van der Waals surface area contributed by atoms with Crippen molar-refractivity contribution in [1.29, 1.82) is 0 Å². The average Bonchev–Trinajstić information content (AvgIpc) is 2.57.